The third-order valence-corrected chi connectivity index (χ3v) is 5.00. The van der Waals surface area contributed by atoms with Gasteiger partial charge in [0.05, 0.1) is 18.9 Å². The number of hydrogen-bond acceptors (Lipinski definition) is 11. The lowest BCUT2D eigenvalue weighted by molar-refractivity contribution is -0.155. The minimum Gasteiger partial charge on any atom is -0.464 e. The number of nitriles is 1. The van der Waals surface area contributed by atoms with E-state index in [1.807, 2.05) is 26.8 Å². The third-order valence-electron chi connectivity index (χ3n) is 5.00. The SMILES string of the molecule is C[C@H](NOC[C@H]1O[C@@](C#N)(c2ccc3c(N)ncnn23)[C@H](O)[C@@H]1O)C(=O)OCC(C)(C)C. The van der Waals surface area contributed by atoms with Crippen molar-refractivity contribution in [1.82, 2.24) is 20.1 Å². The van der Waals surface area contributed by atoms with Crippen LogP contribution < -0.4 is 11.2 Å². The Morgan fingerprint density at radius 1 is 1.47 bits per heavy atom. The molecule has 1 fully saturated rings. The first-order valence-corrected chi connectivity index (χ1v) is 10.1. The first-order valence-electron chi connectivity index (χ1n) is 10.1. The van der Waals surface area contributed by atoms with Crippen LogP contribution in [0.1, 0.15) is 33.4 Å². The second-order valence-corrected chi connectivity index (χ2v) is 8.92. The maximum absolute atomic E-state index is 12.0. The third kappa shape index (κ3) is 4.52. The number of fused-ring (bicyclic) bond motifs is 1. The second-order valence-electron chi connectivity index (χ2n) is 8.92. The smallest absolute Gasteiger partial charge is 0.325 e. The van der Waals surface area contributed by atoms with Crippen LogP contribution in [0, 0.1) is 16.7 Å². The average Bonchev–Trinajstić information content (AvgIpc) is 3.28. The molecule has 2 aromatic heterocycles. The van der Waals surface area contributed by atoms with Crippen LogP contribution in [-0.2, 0) is 24.7 Å². The number of aromatic nitrogens is 3. The van der Waals surface area contributed by atoms with Gasteiger partial charge in [-0.1, -0.05) is 20.8 Å². The highest BCUT2D eigenvalue weighted by Crippen LogP contribution is 2.40. The molecule has 12 heteroatoms. The zero-order valence-electron chi connectivity index (χ0n) is 18.3. The van der Waals surface area contributed by atoms with E-state index >= 15 is 0 Å². The van der Waals surface area contributed by atoms with Gasteiger partial charge >= 0.3 is 5.97 Å². The van der Waals surface area contributed by atoms with Gasteiger partial charge in [0.25, 0.3) is 0 Å². The predicted molar refractivity (Wildman–Crippen MR) is 111 cm³/mol. The van der Waals surface area contributed by atoms with Crippen molar-refractivity contribution in [2.75, 3.05) is 18.9 Å². The Morgan fingerprint density at radius 3 is 2.84 bits per heavy atom. The van der Waals surface area contributed by atoms with Gasteiger partial charge in [0.15, 0.2) is 5.82 Å². The number of nitrogens with zero attached hydrogens (tertiary/aromatic N) is 4. The second kappa shape index (κ2) is 8.97. The summed E-state index contributed by atoms with van der Waals surface area (Å²) < 4.78 is 12.3. The van der Waals surface area contributed by atoms with Crippen LogP contribution in [0.5, 0.6) is 0 Å². The highest BCUT2D eigenvalue weighted by atomic mass is 16.7. The number of esters is 1. The number of aliphatic hydroxyl groups is 2. The first kappa shape index (κ1) is 23.8. The van der Waals surface area contributed by atoms with E-state index in [1.54, 1.807) is 13.0 Å². The zero-order chi connectivity index (χ0) is 23.7. The average molecular weight is 448 g/mol. The molecule has 32 heavy (non-hydrogen) atoms. The number of hydroxylamine groups is 1. The number of nitrogens with one attached hydrogen (secondary N) is 1. The Bertz CT molecular complexity index is 1010. The lowest BCUT2D eigenvalue weighted by Gasteiger charge is -2.24. The molecule has 0 bridgehead atoms. The number of nitrogen functional groups attached to an aromatic ring is 1. The van der Waals surface area contributed by atoms with Crippen LogP contribution in [-0.4, -0.2) is 68.3 Å². The molecule has 0 unspecified atom stereocenters. The number of rotatable bonds is 7. The molecule has 1 aliphatic rings. The Morgan fingerprint density at radius 2 is 2.19 bits per heavy atom. The topological polar surface area (TPSA) is 177 Å². The number of hydrogen-bond donors (Lipinski definition) is 4. The molecule has 0 aliphatic carbocycles. The Kier molecular flexibility index (Phi) is 6.68. The minimum absolute atomic E-state index is 0.173. The quantitative estimate of drug-likeness (QED) is 0.321. The molecule has 0 saturated carbocycles. The van der Waals surface area contributed by atoms with E-state index in [0.29, 0.717) is 5.52 Å². The van der Waals surface area contributed by atoms with E-state index < -0.39 is 35.9 Å². The van der Waals surface area contributed by atoms with Crippen LogP contribution in [0.4, 0.5) is 5.82 Å². The minimum atomic E-state index is -1.92. The normalized spacial score (nSPS) is 26.7. The summed E-state index contributed by atoms with van der Waals surface area (Å²) in [6.45, 7) is 7.37. The van der Waals surface area contributed by atoms with Crippen molar-refractivity contribution in [1.29, 1.82) is 5.26 Å². The summed E-state index contributed by atoms with van der Waals surface area (Å²) in [6.07, 6.45) is -2.90. The fourth-order valence-corrected chi connectivity index (χ4v) is 3.27. The van der Waals surface area contributed by atoms with E-state index in [2.05, 4.69) is 15.6 Å². The lowest BCUT2D eigenvalue weighted by atomic mass is 9.92. The summed E-state index contributed by atoms with van der Waals surface area (Å²) in [5.74, 6) is -0.319. The van der Waals surface area contributed by atoms with Crippen molar-refractivity contribution in [3.63, 3.8) is 0 Å². The van der Waals surface area contributed by atoms with Crippen LogP contribution in [0.3, 0.4) is 0 Å². The molecule has 2 aromatic rings. The summed E-state index contributed by atoms with van der Waals surface area (Å²) >= 11 is 0. The highest BCUT2D eigenvalue weighted by molar-refractivity contribution is 5.75. The molecule has 1 aliphatic heterocycles. The van der Waals surface area contributed by atoms with E-state index in [9.17, 15) is 20.3 Å². The number of anilines is 1. The summed E-state index contributed by atoms with van der Waals surface area (Å²) in [6, 6.07) is 4.27. The zero-order valence-corrected chi connectivity index (χ0v) is 18.3. The molecule has 0 spiro atoms. The summed E-state index contributed by atoms with van der Waals surface area (Å²) in [4.78, 5) is 21.2. The fourth-order valence-electron chi connectivity index (χ4n) is 3.27. The number of nitrogens with two attached hydrogens (primary N) is 1. The van der Waals surface area contributed by atoms with Crippen LogP contribution in [0.15, 0.2) is 18.5 Å². The molecule has 1 saturated heterocycles. The van der Waals surface area contributed by atoms with Gasteiger partial charge in [-0.25, -0.2) is 9.50 Å². The molecule has 174 valence electrons. The van der Waals surface area contributed by atoms with E-state index in [1.165, 1.54) is 16.9 Å². The van der Waals surface area contributed by atoms with Gasteiger partial charge in [-0.05, 0) is 24.5 Å². The molecule has 0 radical (unpaired) electrons. The summed E-state index contributed by atoms with van der Waals surface area (Å²) in [5.41, 5.74) is 6.87. The molecule has 12 nitrogen and oxygen atoms in total. The van der Waals surface area contributed by atoms with Crippen molar-refractivity contribution >= 4 is 17.3 Å². The standard InChI is InChI=1S/C20H28N6O6/c1-11(18(29)30-9-19(2,3)4)25-31-7-13-15(27)16(28)20(8-21,32-13)14-6-5-12-17(22)23-10-24-26(12)14/h5-6,10-11,13,15-16,25,27-28H,7,9H2,1-4H3,(H2,22,23,24)/t11-,13+,15+,16+,20-/m0/s1. The predicted octanol–water partition coefficient (Wildman–Crippen LogP) is -0.350. The van der Waals surface area contributed by atoms with Crippen molar-refractivity contribution in [3.8, 4) is 6.07 Å². The molecular formula is C20H28N6O6. The number of aliphatic hydroxyl groups excluding tert-OH is 2. The fraction of sp³-hybridized carbons (Fsp3) is 0.600. The largest absolute Gasteiger partial charge is 0.464 e. The van der Waals surface area contributed by atoms with Gasteiger partial charge < -0.3 is 25.4 Å². The number of ether oxygens (including phenoxy) is 2. The van der Waals surface area contributed by atoms with Gasteiger partial charge in [0, 0.05) is 0 Å². The van der Waals surface area contributed by atoms with E-state index in [-0.39, 0.29) is 30.1 Å². The molecule has 5 atom stereocenters. The number of carbonyl (C=O) groups excluding carboxylic acids is 1. The highest BCUT2D eigenvalue weighted by Gasteiger charge is 2.57. The van der Waals surface area contributed by atoms with Crippen molar-refractivity contribution in [2.45, 2.75) is 57.6 Å². The lowest BCUT2D eigenvalue weighted by Crippen LogP contribution is -2.41. The van der Waals surface area contributed by atoms with Crippen LogP contribution in [0.25, 0.3) is 5.52 Å². The van der Waals surface area contributed by atoms with Gasteiger partial charge in [-0.2, -0.15) is 15.8 Å². The molecule has 3 heterocycles. The monoisotopic (exact) mass is 448 g/mol. The van der Waals surface area contributed by atoms with Crippen LogP contribution >= 0.6 is 0 Å². The first-order chi connectivity index (χ1) is 15.0. The molecule has 5 N–H and O–H groups in total. The number of carbonyl (C=O) groups is 1. The Labute approximate surface area is 184 Å². The van der Waals surface area contributed by atoms with E-state index in [4.69, 9.17) is 20.0 Å². The van der Waals surface area contributed by atoms with Gasteiger partial charge in [-0.15, -0.1) is 0 Å². The molecule has 3 rings (SSSR count). The molecule has 0 amide bonds. The Hall–Kier alpha value is -2.82. The van der Waals surface area contributed by atoms with Gasteiger partial charge in [0.2, 0.25) is 5.60 Å². The van der Waals surface area contributed by atoms with Crippen molar-refractivity contribution in [3.05, 3.63) is 24.2 Å². The Balaban J connectivity index is 1.67. The van der Waals surface area contributed by atoms with Crippen LogP contribution in [0.2, 0.25) is 0 Å². The maximum Gasteiger partial charge on any atom is 0.325 e. The van der Waals surface area contributed by atoms with E-state index in [0.717, 1.165) is 0 Å². The van der Waals surface area contributed by atoms with Crippen molar-refractivity contribution < 1.29 is 29.3 Å². The molecule has 0 aromatic carbocycles. The summed E-state index contributed by atoms with van der Waals surface area (Å²) in [5, 5.41) is 35.1. The maximum atomic E-state index is 12.0. The van der Waals surface area contributed by atoms with Crippen molar-refractivity contribution in [2.24, 2.45) is 5.41 Å². The summed E-state index contributed by atoms with van der Waals surface area (Å²) in [7, 11) is 0. The van der Waals surface area contributed by atoms with Gasteiger partial charge in [-0.3, -0.25) is 9.63 Å². The van der Waals surface area contributed by atoms with Gasteiger partial charge in [0.1, 0.15) is 42.3 Å². The molecular weight excluding hydrogens is 420 g/mol.